The Hall–Kier alpha value is -1.18. The molecule has 0 saturated carbocycles. The second kappa shape index (κ2) is 5.95. The zero-order valence-electron chi connectivity index (χ0n) is 11.6. The summed E-state index contributed by atoms with van der Waals surface area (Å²) < 4.78 is 11.6. The van der Waals surface area contributed by atoms with E-state index >= 15 is 0 Å². The van der Waals surface area contributed by atoms with Gasteiger partial charge in [-0.2, -0.15) is 0 Å². The van der Waals surface area contributed by atoms with Crippen molar-refractivity contribution in [2.45, 2.75) is 59.2 Å². The first-order chi connectivity index (χ1) is 7.99. The molecule has 0 unspecified atom stereocenters. The molecule has 0 heterocycles. The predicted octanol–water partition coefficient (Wildman–Crippen LogP) is 4.43. The fraction of sp³-hybridized carbons (Fsp3) is 0.600. The molecule has 96 valence electrons. The fourth-order valence-electron chi connectivity index (χ4n) is 1.54. The van der Waals surface area contributed by atoms with Crippen LogP contribution in [0.15, 0.2) is 24.3 Å². The maximum absolute atomic E-state index is 6.00. The van der Waals surface area contributed by atoms with Crippen molar-refractivity contribution in [2.75, 3.05) is 0 Å². The van der Waals surface area contributed by atoms with Crippen LogP contribution >= 0.6 is 0 Å². The van der Waals surface area contributed by atoms with E-state index in [4.69, 9.17) is 9.47 Å². The van der Waals surface area contributed by atoms with Crippen LogP contribution in [0, 0.1) is 0 Å². The van der Waals surface area contributed by atoms with Gasteiger partial charge in [-0.3, -0.25) is 0 Å². The number of rotatable bonds is 6. The van der Waals surface area contributed by atoms with Crippen molar-refractivity contribution < 1.29 is 9.47 Å². The van der Waals surface area contributed by atoms with Gasteiger partial charge in [-0.15, -0.1) is 0 Å². The molecule has 0 aliphatic rings. The lowest BCUT2D eigenvalue weighted by Gasteiger charge is -2.28. The zero-order valence-corrected chi connectivity index (χ0v) is 11.6. The molecule has 0 atom stereocenters. The van der Waals surface area contributed by atoms with E-state index in [1.807, 2.05) is 38.1 Å². The molecule has 0 fully saturated rings. The summed E-state index contributed by atoms with van der Waals surface area (Å²) in [7, 11) is 0. The van der Waals surface area contributed by atoms with Crippen molar-refractivity contribution in [1.82, 2.24) is 0 Å². The summed E-state index contributed by atoms with van der Waals surface area (Å²) in [6, 6.07) is 7.87. The summed E-state index contributed by atoms with van der Waals surface area (Å²) in [6.45, 7) is 10.5. The molecule has 2 nitrogen and oxygen atoms in total. The minimum atomic E-state index is -0.0690. The third-order valence-electron chi connectivity index (χ3n) is 3.06. The monoisotopic (exact) mass is 236 g/mol. The molecule has 0 radical (unpaired) electrons. The summed E-state index contributed by atoms with van der Waals surface area (Å²) in [4.78, 5) is 0. The lowest BCUT2D eigenvalue weighted by molar-refractivity contribution is 0.0801. The third-order valence-corrected chi connectivity index (χ3v) is 3.06. The van der Waals surface area contributed by atoms with Gasteiger partial charge in [-0.1, -0.05) is 13.8 Å². The first-order valence-electron chi connectivity index (χ1n) is 6.45. The molecule has 0 amide bonds. The van der Waals surface area contributed by atoms with Crippen molar-refractivity contribution in [2.24, 2.45) is 0 Å². The molecule has 1 aromatic carbocycles. The van der Waals surface area contributed by atoms with Crippen molar-refractivity contribution in [3.8, 4) is 11.5 Å². The average molecular weight is 236 g/mol. The summed E-state index contributed by atoms with van der Waals surface area (Å²) in [5, 5.41) is 0. The quantitative estimate of drug-likeness (QED) is 0.727. The van der Waals surface area contributed by atoms with Crippen molar-refractivity contribution in [1.29, 1.82) is 0 Å². The average Bonchev–Trinajstić information content (AvgIpc) is 2.31. The molecule has 2 heteroatoms. The van der Waals surface area contributed by atoms with E-state index in [0.29, 0.717) is 0 Å². The zero-order chi connectivity index (χ0) is 12.9. The highest BCUT2D eigenvalue weighted by Gasteiger charge is 2.21. The van der Waals surface area contributed by atoms with Gasteiger partial charge in [0.05, 0.1) is 6.10 Å². The van der Waals surface area contributed by atoms with Crippen LogP contribution in [0.25, 0.3) is 0 Å². The van der Waals surface area contributed by atoms with Crippen LogP contribution in [-0.4, -0.2) is 11.7 Å². The van der Waals surface area contributed by atoms with Gasteiger partial charge in [0.15, 0.2) is 0 Å². The van der Waals surface area contributed by atoms with E-state index in [1.54, 1.807) is 0 Å². The highest BCUT2D eigenvalue weighted by Crippen LogP contribution is 2.26. The van der Waals surface area contributed by atoms with Gasteiger partial charge < -0.3 is 9.47 Å². The van der Waals surface area contributed by atoms with Crippen molar-refractivity contribution >= 4 is 0 Å². The second-order valence-corrected chi connectivity index (χ2v) is 4.90. The van der Waals surface area contributed by atoms with Crippen LogP contribution in [0.5, 0.6) is 11.5 Å². The molecule has 1 rings (SSSR count). The maximum Gasteiger partial charge on any atom is 0.120 e. The van der Waals surface area contributed by atoms with Gasteiger partial charge in [-0.25, -0.2) is 0 Å². The van der Waals surface area contributed by atoms with E-state index in [1.165, 1.54) is 0 Å². The van der Waals surface area contributed by atoms with Gasteiger partial charge in [0, 0.05) is 0 Å². The molecule has 0 N–H and O–H groups in total. The summed E-state index contributed by atoms with van der Waals surface area (Å²) >= 11 is 0. The summed E-state index contributed by atoms with van der Waals surface area (Å²) in [5.74, 6) is 1.80. The van der Waals surface area contributed by atoms with Gasteiger partial charge in [-0.05, 0) is 57.9 Å². The highest BCUT2D eigenvalue weighted by atomic mass is 16.5. The first kappa shape index (κ1) is 13.9. The molecule has 0 aromatic heterocycles. The minimum Gasteiger partial charge on any atom is -0.491 e. The Morgan fingerprint density at radius 3 is 1.88 bits per heavy atom. The predicted molar refractivity (Wildman–Crippen MR) is 71.8 cm³/mol. The van der Waals surface area contributed by atoms with Crippen LogP contribution < -0.4 is 9.47 Å². The molecule has 0 saturated heterocycles. The Labute approximate surface area is 105 Å². The molecular formula is C15H24O2. The molecule has 17 heavy (non-hydrogen) atoms. The molecule has 0 aliphatic carbocycles. The van der Waals surface area contributed by atoms with Crippen LogP contribution in [0.3, 0.4) is 0 Å². The smallest absolute Gasteiger partial charge is 0.120 e. The first-order valence-corrected chi connectivity index (χ1v) is 6.45. The number of hydrogen-bond donors (Lipinski definition) is 0. The van der Waals surface area contributed by atoms with Crippen LogP contribution in [0.4, 0.5) is 0 Å². The van der Waals surface area contributed by atoms with Crippen LogP contribution in [0.1, 0.15) is 47.5 Å². The van der Waals surface area contributed by atoms with E-state index in [9.17, 15) is 0 Å². The normalized spacial score (nSPS) is 11.6. The number of ether oxygens (including phenoxy) is 2. The lowest BCUT2D eigenvalue weighted by Crippen LogP contribution is -2.30. The topological polar surface area (TPSA) is 18.5 Å². The Balaban J connectivity index is 2.68. The standard InChI is InChI=1S/C15H24O2/c1-6-15(5,7-2)17-14-10-8-13(9-11-14)16-12(3)4/h8-12H,6-7H2,1-5H3. The summed E-state index contributed by atoms with van der Waals surface area (Å²) in [6.07, 6.45) is 2.22. The van der Waals surface area contributed by atoms with Crippen LogP contribution in [-0.2, 0) is 0 Å². The minimum absolute atomic E-state index is 0.0690. The number of hydrogen-bond acceptors (Lipinski definition) is 2. The van der Waals surface area contributed by atoms with E-state index in [-0.39, 0.29) is 11.7 Å². The van der Waals surface area contributed by atoms with E-state index < -0.39 is 0 Å². The van der Waals surface area contributed by atoms with Crippen molar-refractivity contribution in [3.05, 3.63) is 24.3 Å². The Morgan fingerprint density at radius 2 is 1.47 bits per heavy atom. The molecule has 0 spiro atoms. The largest absolute Gasteiger partial charge is 0.491 e. The highest BCUT2D eigenvalue weighted by molar-refractivity contribution is 5.31. The maximum atomic E-state index is 6.00. The van der Waals surface area contributed by atoms with Gasteiger partial charge in [0.25, 0.3) is 0 Å². The molecule has 0 aliphatic heterocycles. The van der Waals surface area contributed by atoms with Gasteiger partial charge >= 0.3 is 0 Å². The lowest BCUT2D eigenvalue weighted by atomic mass is 10.00. The Bertz CT molecular complexity index is 323. The fourth-order valence-corrected chi connectivity index (χ4v) is 1.54. The SMILES string of the molecule is CCC(C)(CC)Oc1ccc(OC(C)C)cc1. The second-order valence-electron chi connectivity index (χ2n) is 4.90. The number of benzene rings is 1. The third kappa shape index (κ3) is 4.29. The van der Waals surface area contributed by atoms with Gasteiger partial charge in [0.1, 0.15) is 17.1 Å². The van der Waals surface area contributed by atoms with E-state index in [0.717, 1.165) is 24.3 Å². The molecular weight excluding hydrogens is 212 g/mol. The summed E-state index contributed by atoms with van der Waals surface area (Å²) in [5.41, 5.74) is -0.0690. The molecule has 0 bridgehead atoms. The Kier molecular flexibility index (Phi) is 4.86. The van der Waals surface area contributed by atoms with Crippen LogP contribution in [0.2, 0.25) is 0 Å². The van der Waals surface area contributed by atoms with Gasteiger partial charge in [0.2, 0.25) is 0 Å². The van der Waals surface area contributed by atoms with Crippen molar-refractivity contribution in [3.63, 3.8) is 0 Å². The molecule has 1 aromatic rings. The van der Waals surface area contributed by atoms with E-state index in [2.05, 4.69) is 20.8 Å². The Morgan fingerprint density at radius 1 is 1.00 bits per heavy atom.